The van der Waals surface area contributed by atoms with E-state index in [1.54, 1.807) is 0 Å². The Morgan fingerprint density at radius 2 is 1.74 bits per heavy atom. The summed E-state index contributed by atoms with van der Waals surface area (Å²) in [4.78, 5) is 13.4. The van der Waals surface area contributed by atoms with E-state index in [9.17, 15) is 0 Å². The molecular formula is C16H17ClN6. The van der Waals surface area contributed by atoms with Crippen LogP contribution in [0.3, 0.4) is 0 Å². The molecule has 0 saturated carbocycles. The van der Waals surface area contributed by atoms with E-state index >= 15 is 0 Å². The lowest BCUT2D eigenvalue weighted by molar-refractivity contribution is 0.312. The zero-order valence-corrected chi connectivity index (χ0v) is 13.6. The molecule has 1 aliphatic rings. The number of piperazine rings is 1. The third-order valence-electron chi connectivity index (χ3n) is 4.18. The van der Waals surface area contributed by atoms with Gasteiger partial charge in [0.15, 0.2) is 5.65 Å². The van der Waals surface area contributed by atoms with Crippen molar-refractivity contribution >= 4 is 28.5 Å². The van der Waals surface area contributed by atoms with Crippen LogP contribution >= 0.6 is 11.6 Å². The first-order chi connectivity index (χ1) is 11.2. The Bertz CT molecular complexity index is 823. The van der Waals surface area contributed by atoms with E-state index in [1.807, 2.05) is 41.2 Å². The van der Waals surface area contributed by atoms with Gasteiger partial charge in [-0.05, 0) is 30.8 Å². The molecule has 0 unspecified atom stereocenters. The molecule has 3 aromatic rings. The van der Waals surface area contributed by atoms with Crippen LogP contribution in [0.5, 0.6) is 0 Å². The predicted octanol–water partition coefficient (Wildman–Crippen LogP) is 2.22. The van der Waals surface area contributed by atoms with Gasteiger partial charge in [-0.2, -0.15) is 15.1 Å². The molecule has 118 valence electrons. The van der Waals surface area contributed by atoms with Crippen LogP contribution in [0.2, 0.25) is 5.28 Å². The molecule has 0 amide bonds. The molecule has 23 heavy (non-hydrogen) atoms. The summed E-state index contributed by atoms with van der Waals surface area (Å²) in [6.45, 7) is 3.87. The largest absolute Gasteiger partial charge is 0.353 e. The summed E-state index contributed by atoms with van der Waals surface area (Å²) in [6, 6.07) is 9.93. The van der Waals surface area contributed by atoms with Gasteiger partial charge in [0, 0.05) is 26.2 Å². The van der Waals surface area contributed by atoms with Crippen LogP contribution in [0.4, 0.5) is 5.82 Å². The number of hydrogen-bond donors (Lipinski definition) is 0. The van der Waals surface area contributed by atoms with Gasteiger partial charge in [0.25, 0.3) is 0 Å². The number of aromatic nitrogens is 4. The molecule has 1 fully saturated rings. The second-order valence-corrected chi connectivity index (χ2v) is 6.07. The topological polar surface area (TPSA) is 50.1 Å². The Kier molecular flexibility index (Phi) is 3.63. The lowest BCUT2D eigenvalue weighted by Crippen LogP contribution is -2.44. The van der Waals surface area contributed by atoms with Crippen molar-refractivity contribution in [2.45, 2.75) is 0 Å². The van der Waals surface area contributed by atoms with Crippen molar-refractivity contribution in [2.24, 2.45) is 0 Å². The second-order valence-electron chi connectivity index (χ2n) is 5.74. The third-order valence-corrected chi connectivity index (χ3v) is 4.35. The van der Waals surface area contributed by atoms with Crippen molar-refractivity contribution in [3.8, 4) is 5.69 Å². The van der Waals surface area contributed by atoms with Gasteiger partial charge in [0.1, 0.15) is 5.82 Å². The quantitative estimate of drug-likeness (QED) is 0.675. The zero-order valence-electron chi connectivity index (χ0n) is 12.9. The molecule has 4 rings (SSSR count). The van der Waals surface area contributed by atoms with Crippen molar-refractivity contribution in [3.63, 3.8) is 0 Å². The van der Waals surface area contributed by atoms with Crippen LogP contribution in [0, 0.1) is 0 Å². The molecule has 6 nitrogen and oxygen atoms in total. The first-order valence-electron chi connectivity index (χ1n) is 7.62. The molecule has 7 heteroatoms. The monoisotopic (exact) mass is 328 g/mol. The van der Waals surface area contributed by atoms with Crippen LogP contribution in [-0.4, -0.2) is 57.9 Å². The average molecular weight is 329 g/mol. The van der Waals surface area contributed by atoms with Crippen LogP contribution in [0.15, 0.2) is 36.5 Å². The molecule has 0 aliphatic carbocycles. The average Bonchev–Trinajstić information content (AvgIpc) is 2.99. The van der Waals surface area contributed by atoms with Crippen LogP contribution in [0.1, 0.15) is 0 Å². The number of hydrogen-bond acceptors (Lipinski definition) is 5. The number of rotatable bonds is 2. The molecule has 1 aliphatic heterocycles. The lowest BCUT2D eigenvalue weighted by atomic mass is 10.3. The Morgan fingerprint density at radius 1 is 1.00 bits per heavy atom. The van der Waals surface area contributed by atoms with Gasteiger partial charge in [-0.3, -0.25) is 0 Å². The van der Waals surface area contributed by atoms with E-state index in [4.69, 9.17) is 11.6 Å². The van der Waals surface area contributed by atoms with Crippen molar-refractivity contribution in [2.75, 3.05) is 38.1 Å². The molecule has 2 aromatic heterocycles. The smallest absolute Gasteiger partial charge is 0.226 e. The maximum Gasteiger partial charge on any atom is 0.226 e. The number of likely N-dealkylation sites (N-methyl/N-ethyl adjacent to an activating group) is 1. The molecule has 0 bridgehead atoms. The maximum atomic E-state index is 6.19. The first-order valence-corrected chi connectivity index (χ1v) is 8.00. The summed E-state index contributed by atoms with van der Waals surface area (Å²) < 4.78 is 1.81. The fraction of sp³-hybridized carbons (Fsp3) is 0.312. The summed E-state index contributed by atoms with van der Waals surface area (Å²) in [6.07, 6.45) is 1.83. The fourth-order valence-corrected chi connectivity index (χ4v) is 3.04. The molecule has 0 radical (unpaired) electrons. The zero-order chi connectivity index (χ0) is 15.8. The molecule has 0 N–H and O–H groups in total. The summed E-state index contributed by atoms with van der Waals surface area (Å²) in [5.74, 6) is 0.871. The summed E-state index contributed by atoms with van der Waals surface area (Å²) >= 11 is 6.19. The molecule has 0 spiro atoms. The van der Waals surface area contributed by atoms with Crippen molar-refractivity contribution < 1.29 is 0 Å². The Hall–Kier alpha value is -2.18. The lowest BCUT2D eigenvalue weighted by Gasteiger charge is -2.33. The highest BCUT2D eigenvalue weighted by molar-refractivity contribution is 6.28. The van der Waals surface area contributed by atoms with Gasteiger partial charge in [0.05, 0.1) is 17.3 Å². The van der Waals surface area contributed by atoms with E-state index in [0.29, 0.717) is 0 Å². The fourth-order valence-electron chi connectivity index (χ4n) is 2.88. The number of benzene rings is 1. The number of nitrogens with zero attached hydrogens (tertiary/aromatic N) is 6. The highest BCUT2D eigenvalue weighted by Crippen LogP contribution is 2.27. The Labute approximate surface area is 139 Å². The normalized spacial score (nSPS) is 16.2. The standard InChI is InChI=1S/C16H17ClN6/c1-21-7-9-22(10-8-21)14-13-11-18-23(12-5-3-2-4-6-12)15(13)20-16(17)19-14/h2-6,11H,7-10H2,1H3. The van der Waals surface area contributed by atoms with Crippen LogP contribution in [-0.2, 0) is 0 Å². The SMILES string of the molecule is CN1CCN(c2nc(Cl)nc3c2cnn3-c2ccccc2)CC1. The molecular weight excluding hydrogens is 312 g/mol. The minimum atomic E-state index is 0.254. The van der Waals surface area contributed by atoms with Gasteiger partial charge in [-0.15, -0.1) is 0 Å². The summed E-state index contributed by atoms with van der Waals surface area (Å²) in [5, 5.41) is 5.68. The van der Waals surface area contributed by atoms with Gasteiger partial charge in [-0.25, -0.2) is 4.68 Å². The summed E-state index contributed by atoms with van der Waals surface area (Å²) in [5.41, 5.74) is 1.70. The van der Waals surface area contributed by atoms with E-state index in [-0.39, 0.29) is 5.28 Å². The number of anilines is 1. The highest BCUT2D eigenvalue weighted by Gasteiger charge is 2.21. The minimum absolute atomic E-state index is 0.254. The molecule has 1 saturated heterocycles. The van der Waals surface area contributed by atoms with Gasteiger partial charge >= 0.3 is 0 Å². The Balaban J connectivity index is 1.82. The van der Waals surface area contributed by atoms with Crippen LogP contribution < -0.4 is 4.90 Å². The first kappa shape index (κ1) is 14.4. The van der Waals surface area contributed by atoms with Crippen molar-refractivity contribution in [1.82, 2.24) is 24.6 Å². The third kappa shape index (κ3) is 2.64. The highest BCUT2D eigenvalue weighted by atomic mass is 35.5. The second kappa shape index (κ2) is 5.79. The molecule has 0 atom stereocenters. The van der Waals surface area contributed by atoms with Gasteiger partial charge in [-0.1, -0.05) is 18.2 Å². The molecule has 3 heterocycles. The van der Waals surface area contributed by atoms with Crippen LogP contribution in [0.25, 0.3) is 16.7 Å². The predicted molar refractivity (Wildman–Crippen MR) is 91.4 cm³/mol. The number of para-hydroxylation sites is 1. The maximum absolute atomic E-state index is 6.19. The number of halogens is 1. The Morgan fingerprint density at radius 3 is 2.48 bits per heavy atom. The minimum Gasteiger partial charge on any atom is -0.353 e. The van der Waals surface area contributed by atoms with Crippen molar-refractivity contribution in [3.05, 3.63) is 41.8 Å². The van der Waals surface area contributed by atoms with E-state index in [1.165, 1.54) is 0 Å². The van der Waals surface area contributed by atoms with Gasteiger partial charge < -0.3 is 9.80 Å². The van der Waals surface area contributed by atoms with E-state index < -0.39 is 0 Å². The summed E-state index contributed by atoms with van der Waals surface area (Å²) in [7, 11) is 2.13. The van der Waals surface area contributed by atoms with E-state index in [0.717, 1.165) is 48.7 Å². The number of fused-ring (bicyclic) bond motifs is 1. The van der Waals surface area contributed by atoms with E-state index in [2.05, 4.69) is 31.9 Å². The van der Waals surface area contributed by atoms with Gasteiger partial charge in [0.2, 0.25) is 5.28 Å². The molecule has 1 aromatic carbocycles. The van der Waals surface area contributed by atoms with Crippen molar-refractivity contribution in [1.29, 1.82) is 0 Å².